The van der Waals surface area contributed by atoms with Crippen LogP contribution in [0.25, 0.3) is 0 Å². The fourth-order valence-corrected chi connectivity index (χ4v) is 3.45. The summed E-state index contributed by atoms with van der Waals surface area (Å²) in [4.78, 5) is 13.1. The van der Waals surface area contributed by atoms with E-state index in [0.29, 0.717) is 5.13 Å². The Balaban J connectivity index is 2.16. The molecule has 1 saturated heterocycles. The summed E-state index contributed by atoms with van der Waals surface area (Å²) in [6, 6.07) is 0. The second-order valence-electron chi connectivity index (χ2n) is 4.15. The second-order valence-corrected chi connectivity index (χ2v) is 7.03. The molecule has 0 aromatic carbocycles. The van der Waals surface area contributed by atoms with Crippen LogP contribution in [-0.4, -0.2) is 36.3 Å². The van der Waals surface area contributed by atoms with Gasteiger partial charge in [0.05, 0.1) is 0 Å². The minimum Gasteiger partial charge on any atom is -0.285 e. The molecule has 1 unspecified atom stereocenters. The number of sulfonamides is 1. The molecule has 18 heavy (non-hydrogen) atoms. The Bertz CT molecular complexity index is 554. The largest absolute Gasteiger partial charge is 0.285 e. The topological polar surface area (TPSA) is 106 Å². The lowest BCUT2D eigenvalue weighted by molar-refractivity contribution is -0.117. The summed E-state index contributed by atoms with van der Waals surface area (Å²) in [6.45, 7) is 2.09. The zero-order chi connectivity index (χ0) is 13.3. The second kappa shape index (κ2) is 4.90. The molecule has 2 N–H and O–H groups in total. The van der Waals surface area contributed by atoms with Crippen LogP contribution in [0.4, 0.5) is 5.13 Å². The van der Waals surface area contributed by atoms with Crippen LogP contribution in [0.15, 0.2) is 0 Å². The van der Waals surface area contributed by atoms with Crippen molar-refractivity contribution in [1.29, 1.82) is 0 Å². The molecule has 0 aliphatic carbocycles. The predicted octanol–water partition coefficient (Wildman–Crippen LogP) is -0.116. The summed E-state index contributed by atoms with van der Waals surface area (Å²) in [7, 11) is -3.69. The number of carbonyl (C=O) groups is 1. The van der Waals surface area contributed by atoms with Gasteiger partial charge in [-0.2, -0.15) is 0 Å². The average molecular weight is 290 g/mol. The van der Waals surface area contributed by atoms with Crippen LogP contribution in [0.1, 0.15) is 24.8 Å². The van der Waals surface area contributed by atoms with Gasteiger partial charge in [-0.05, 0) is 6.42 Å². The lowest BCUT2D eigenvalue weighted by atomic mass is 10.4. The molecular weight excluding hydrogens is 276 g/mol. The first-order valence-corrected chi connectivity index (χ1v) is 7.98. The lowest BCUT2D eigenvalue weighted by Gasteiger charge is -2.10. The fourth-order valence-electron chi connectivity index (χ4n) is 1.75. The molecule has 100 valence electrons. The summed E-state index contributed by atoms with van der Waals surface area (Å²) in [5.41, 5.74) is 0. The monoisotopic (exact) mass is 290 g/mol. The number of primary sulfonamides is 1. The summed E-state index contributed by atoms with van der Waals surface area (Å²) in [5, 5.41) is 13.4. The maximum absolute atomic E-state index is 11.7. The molecule has 2 rings (SSSR count). The van der Waals surface area contributed by atoms with Crippen molar-refractivity contribution in [3.05, 3.63) is 5.01 Å². The molecule has 7 nitrogen and oxygen atoms in total. The Morgan fingerprint density at radius 1 is 1.50 bits per heavy atom. The van der Waals surface area contributed by atoms with Crippen LogP contribution >= 0.6 is 11.3 Å². The third kappa shape index (κ3) is 2.68. The van der Waals surface area contributed by atoms with E-state index in [2.05, 4.69) is 10.2 Å². The first-order valence-electron chi connectivity index (χ1n) is 5.56. The van der Waals surface area contributed by atoms with E-state index in [1.54, 1.807) is 0 Å². The van der Waals surface area contributed by atoms with Gasteiger partial charge in [-0.25, -0.2) is 13.6 Å². The standard InChI is InChI=1S/C9H14N4O3S2/c1-2-3-7-11-12-9(17-7)13-5-6(4-8(13)14)18(10,15)16/h6H,2-5H2,1H3,(H2,10,15,16). The first kappa shape index (κ1) is 13.4. The van der Waals surface area contributed by atoms with E-state index in [0.717, 1.165) is 17.8 Å². The van der Waals surface area contributed by atoms with E-state index in [4.69, 9.17) is 5.14 Å². The van der Waals surface area contributed by atoms with Crippen molar-refractivity contribution in [1.82, 2.24) is 10.2 Å². The number of hydrogen-bond donors (Lipinski definition) is 1. The zero-order valence-electron chi connectivity index (χ0n) is 9.87. The molecule has 0 bridgehead atoms. The van der Waals surface area contributed by atoms with Gasteiger partial charge in [-0.15, -0.1) is 10.2 Å². The molecule has 1 amide bonds. The van der Waals surface area contributed by atoms with Crippen molar-refractivity contribution in [2.24, 2.45) is 5.14 Å². The van der Waals surface area contributed by atoms with Crippen molar-refractivity contribution in [2.75, 3.05) is 11.4 Å². The highest BCUT2D eigenvalue weighted by atomic mass is 32.2. The summed E-state index contributed by atoms with van der Waals surface area (Å²) >= 11 is 1.32. The molecule has 1 aromatic heterocycles. The number of nitrogens with two attached hydrogens (primary N) is 1. The van der Waals surface area contributed by atoms with E-state index in [-0.39, 0.29) is 18.9 Å². The number of carbonyl (C=O) groups excluding carboxylic acids is 1. The van der Waals surface area contributed by atoms with Crippen LogP contribution in [0.2, 0.25) is 0 Å². The van der Waals surface area contributed by atoms with Crippen molar-refractivity contribution >= 4 is 32.4 Å². The van der Waals surface area contributed by atoms with Gasteiger partial charge in [-0.1, -0.05) is 18.3 Å². The number of hydrogen-bond acceptors (Lipinski definition) is 6. The number of amides is 1. The molecule has 1 atom stereocenters. The van der Waals surface area contributed by atoms with Gasteiger partial charge in [0.15, 0.2) is 0 Å². The number of anilines is 1. The van der Waals surface area contributed by atoms with Gasteiger partial charge in [0, 0.05) is 19.4 Å². The van der Waals surface area contributed by atoms with Gasteiger partial charge in [0.25, 0.3) is 0 Å². The third-order valence-corrected chi connectivity index (χ3v) is 4.96. The number of rotatable bonds is 4. The number of aromatic nitrogens is 2. The van der Waals surface area contributed by atoms with Gasteiger partial charge in [0.2, 0.25) is 21.1 Å². The predicted molar refractivity (Wildman–Crippen MR) is 67.8 cm³/mol. The Morgan fingerprint density at radius 3 is 2.78 bits per heavy atom. The highest BCUT2D eigenvalue weighted by Gasteiger charge is 2.38. The first-order chi connectivity index (χ1) is 8.41. The molecule has 0 radical (unpaired) electrons. The minimum absolute atomic E-state index is 0.0679. The van der Waals surface area contributed by atoms with Crippen LogP contribution in [0.3, 0.4) is 0 Å². The van der Waals surface area contributed by atoms with Crippen LogP contribution in [0.5, 0.6) is 0 Å². The minimum atomic E-state index is -3.69. The number of nitrogens with zero attached hydrogens (tertiary/aromatic N) is 3. The van der Waals surface area contributed by atoms with Gasteiger partial charge >= 0.3 is 0 Å². The van der Waals surface area contributed by atoms with Crippen molar-refractivity contribution < 1.29 is 13.2 Å². The Morgan fingerprint density at radius 2 is 2.22 bits per heavy atom. The molecule has 0 saturated carbocycles. The van der Waals surface area contributed by atoms with E-state index in [1.165, 1.54) is 16.2 Å². The number of aryl methyl sites for hydroxylation is 1. The van der Waals surface area contributed by atoms with Crippen molar-refractivity contribution in [3.8, 4) is 0 Å². The van der Waals surface area contributed by atoms with Gasteiger partial charge < -0.3 is 0 Å². The summed E-state index contributed by atoms with van der Waals surface area (Å²) in [5.74, 6) is -0.270. The maximum Gasteiger partial charge on any atom is 0.230 e. The Labute approximate surface area is 109 Å². The van der Waals surface area contributed by atoms with E-state index < -0.39 is 15.3 Å². The zero-order valence-corrected chi connectivity index (χ0v) is 11.5. The quantitative estimate of drug-likeness (QED) is 0.832. The molecular formula is C9H14N4O3S2. The van der Waals surface area contributed by atoms with E-state index in [1.807, 2.05) is 6.92 Å². The molecule has 1 aliphatic rings. The smallest absolute Gasteiger partial charge is 0.230 e. The summed E-state index contributed by atoms with van der Waals surface area (Å²) < 4.78 is 22.5. The van der Waals surface area contributed by atoms with Crippen molar-refractivity contribution in [3.63, 3.8) is 0 Å². The van der Waals surface area contributed by atoms with Crippen LogP contribution < -0.4 is 10.0 Å². The molecule has 1 aliphatic heterocycles. The van der Waals surface area contributed by atoms with Crippen LogP contribution in [0, 0.1) is 0 Å². The molecule has 2 heterocycles. The molecule has 1 aromatic rings. The van der Waals surface area contributed by atoms with E-state index >= 15 is 0 Å². The average Bonchev–Trinajstić information content (AvgIpc) is 2.84. The Kier molecular flexibility index (Phi) is 3.64. The van der Waals surface area contributed by atoms with Crippen molar-refractivity contribution in [2.45, 2.75) is 31.4 Å². The highest BCUT2D eigenvalue weighted by Crippen LogP contribution is 2.27. The molecule has 9 heteroatoms. The van der Waals surface area contributed by atoms with E-state index in [9.17, 15) is 13.2 Å². The lowest BCUT2D eigenvalue weighted by Crippen LogP contribution is -2.32. The fraction of sp³-hybridized carbons (Fsp3) is 0.667. The normalized spacial score (nSPS) is 20.7. The van der Waals surface area contributed by atoms with Gasteiger partial charge in [-0.3, -0.25) is 9.69 Å². The molecule has 0 spiro atoms. The Hall–Kier alpha value is -1.06. The highest BCUT2D eigenvalue weighted by molar-refractivity contribution is 7.89. The SMILES string of the molecule is CCCc1nnc(N2CC(S(N)(=O)=O)CC2=O)s1. The van der Waals surface area contributed by atoms with Crippen LogP contribution in [-0.2, 0) is 21.2 Å². The molecule has 1 fully saturated rings. The third-order valence-electron chi connectivity index (χ3n) is 2.71. The van der Waals surface area contributed by atoms with Gasteiger partial charge in [0.1, 0.15) is 10.3 Å². The summed E-state index contributed by atoms with van der Waals surface area (Å²) in [6.07, 6.45) is 1.67. The maximum atomic E-state index is 11.7.